The van der Waals surface area contributed by atoms with Gasteiger partial charge in [-0.25, -0.2) is 0 Å². The molecular weight excluding hydrogens is 296 g/mol. The Kier molecular flexibility index (Phi) is 4.53. The fourth-order valence-corrected chi connectivity index (χ4v) is 3.27. The second kappa shape index (κ2) is 6.75. The Balaban J connectivity index is 1.54. The van der Waals surface area contributed by atoms with Crippen molar-refractivity contribution in [2.24, 2.45) is 0 Å². The third-order valence-electron chi connectivity index (χ3n) is 3.71. The number of aryl methyl sites for hydroxylation is 1. The molecular formula is C17H18N2O2S. The maximum absolute atomic E-state index is 11.9. The number of hydrogen-bond donors (Lipinski definition) is 1. The topological polar surface area (TPSA) is 49.4 Å². The van der Waals surface area contributed by atoms with Gasteiger partial charge in [0.1, 0.15) is 0 Å². The van der Waals surface area contributed by atoms with E-state index >= 15 is 0 Å². The van der Waals surface area contributed by atoms with Crippen molar-refractivity contribution in [1.29, 1.82) is 0 Å². The predicted molar refractivity (Wildman–Crippen MR) is 89.3 cm³/mol. The van der Waals surface area contributed by atoms with Gasteiger partial charge in [0.05, 0.1) is 0 Å². The van der Waals surface area contributed by atoms with Crippen LogP contribution in [0.15, 0.2) is 41.8 Å². The van der Waals surface area contributed by atoms with E-state index in [0.29, 0.717) is 12.8 Å². The van der Waals surface area contributed by atoms with Crippen molar-refractivity contribution < 1.29 is 9.59 Å². The van der Waals surface area contributed by atoms with Gasteiger partial charge in [-0.2, -0.15) is 0 Å². The van der Waals surface area contributed by atoms with Crippen molar-refractivity contribution in [3.05, 3.63) is 46.7 Å². The van der Waals surface area contributed by atoms with Crippen LogP contribution in [0.1, 0.15) is 24.1 Å². The first kappa shape index (κ1) is 14.8. The average Bonchev–Trinajstić information content (AvgIpc) is 3.17. The van der Waals surface area contributed by atoms with Gasteiger partial charge in [-0.15, -0.1) is 11.3 Å². The van der Waals surface area contributed by atoms with Crippen molar-refractivity contribution >= 4 is 34.5 Å². The summed E-state index contributed by atoms with van der Waals surface area (Å²) in [6.07, 6.45) is 2.79. The van der Waals surface area contributed by atoms with Gasteiger partial charge in [0, 0.05) is 35.6 Å². The molecule has 1 saturated heterocycles. The molecule has 5 heteroatoms. The van der Waals surface area contributed by atoms with Gasteiger partial charge >= 0.3 is 0 Å². The summed E-state index contributed by atoms with van der Waals surface area (Å²) in [5, 5.41) is 4.92. The molecule has 1 aliphatic heterocycles. The summed E-state index contributed by atoms with van der Waals surface area (Å²) >= 11 is 1.67. The zero-order chi connectivity index (χ0) is 15.4. The van der Waals surface area contributed by atoms with Gasteiger partial charge in [0.2, 0.25) is 11.8 Å². The van der Waals surface area contributed by atoms with Crippen LogP contribution in [0, 0.1) is 0 Å². The van der Waals surface area contributed by atoms with Crippen molar-refractivity contribution in [3.8, 4) is 0 Å². The van der Waals surface area contributed by atoms with Gasteiger partial charge in [-0.3, -0.25) is 9.59 Å². The fraction of sp³-hybridized carbons (Fsp3) is 0.294. The van der Waals surface area contributed by atoms with E-state index in [9.17, 15) is 9.59 Å². The lowest BCUT2D eigenvalue weighted by Gasteiger charge is -2.16. The Morgan fingerprint density at radius 3 is 2.68 bits per heavy atom. The maximum Gasteiger partial charge on any atom is 0.227 e. The average molecular weight is 314 g/mol. The van der Waals surface area contributed by atoms with Gasteiger partial charge < -0.3 is 10.2 Å². The van der Waals surface area contributed by atoms with Gasteiger partial charge in [0.25, 0.3) is 0 Å². The minimum atomic E-state index is 0.0124. The highest BCUT2D eigenvalue weighted by molar-refractivity contribution is 7.09. The van der Waals surface area contributed by atoms with Crippen LogP contribution in [-0.4, -0.2) is 18.4 Å². The van der Waals surface area contributed by atoms with E-state index in [4.69, 9.17) is 0 Å². The Morgan fingerprint density at radius 2 is 2.05 bits per heavy atom. The molecule has 0 bridgehead atoms. The second-order valence-corrected chi connectivity index (χ2v) is 6.36. The lowest BCUT2D eigenvalue weighted by Crippen LogP contribution is -2.23. The van der Waals surface area contributed by atoms with Crippen molar-refractivity contribution in [3.63, 3.8) is 0 Å². The van der Waals surface area contributed by atoms with Crippen molar-refractivity contribution in [1.82, 2.24) is 0 Å². The SMILES string of the molecule is O=C(CCc1cccs1)Nc1ccc(N2CCCC2=O)cc1. The molecule has 2 amide bonds. The summed E-state index contributed by atoms with van der Waals surface area (Å²) < 4.78 is 0. The Bertz CT molecular complexity index is 650. The molecule has 0 radical (unpaired) electrons. The number of nitrogens with zero attached hydrogens (tertiary/aromatic N) is 1. The van der Waals surface area contributed by atoms with Crippen LogP contribution in [0.4, 0.5) is 11.4 Å². The number of benzene rings is 1. The summed E-state index contributed by atoms with van der Waals surface area (Å²) in [5.41, 5.74) is 1.67. The Hall–Kier alpha value is -2.14. The van der Waals surface area contributed by atoms with Gasteiger partial charge in [-0.1, -0.05) is 6.07 Å². The molecule has 0 saturated carbocycles. The highest BCUT2D eigenvalue weighted by Gasteiger charge is 2.21. The first-order valence-corrected chi connectivity index (χ1v) is 8.33. The smallest absolute Gasteiger partial charge is 0.227 e. The third kappa shape index (κ3) is 3.54. The van der Waals surface area contributed by atoms with E-state index in [2.05, 4.69) is 5.32 Å². The van der Waals surface area contributed by atoms with Gasteiger partial charge in [0.15, 0.2) is 0 Å². The van der Waals surface area contributed by atoms with Gasteiger partial charge in [-0.05, 0) is 48.6 Å². The molecule has 1 aliphatic rings. The molecule has 114 valence electrons. The molecule has 1 aromatic carbocycles. The standard InChI is InChI=1S/C17H18N2O2S/c20-16(10-9-15-3-2-12-22-15)18-13-5-7-14(8-6-13)19-11-1-4-17(19)21/h2-3,5-8,12H,1,4,9-11H2,(H,18,20). The summed E-state index contributed by atoms with van der Waals surface area (Å²) in [6.45, 7) is 0.783. The number of carbonyl (C=O) groups is 2. The molecule has 22 heavy (non-hydrogen) atoms. The molecule has 3 rings (SSSR count). The highest BCUT2D eigenvalue weighted by atomic mass is 32.1. The number of thiophene rings is 1. The maximum atomic E-state index is 11.9. The van der Waals surface area contributed by atoms with Crippen LogP contribution in [0.2, 0.25) is 0 Å². The number of hydrogen-bond acceptors (Lipinski definition) is 3. The summed E-state index contributed by atoms with van der Waals surface area (Å²) in [5.74, 6) is 0.186. The van der Waals surface area contributed by atoms with Crippen LogP contribution in [0.5, 0.6) is 0 Å². The molecule has 0 atom stereocenters. The van der Waals surface area contributed by atoms with Crippen molar-refractivity contribution in [2.75, 3.05) is 16.8 Å². The second-order valence-electron chi connectivity index (χ2n) is 5.32. The summed E-state index contributed by atoms with van der Waals surface area (Å²) in [7, 11) is 0. The van der Waals surface area contributed by atoms with Crippen molar-refractivity contribution in [2.45, 2.75) is 25.7 Å². The first-order chi connectivity index (χ1) is 10.7. The predicted octanol–water partition coefficient (Wildman–Crippen LogP) is 3.45. The number of nitrogens with one attached hydrogen (secondary N) is 1. The number of rotatable bonds is 5. The summed E-state index contributed by atoms with van der Waals surface area (Å²) in [4.78, 5) is 26.6. The first-order valence-electron chi connectivity index (χ1n) is 7.45. The fourth-order valence-electron chi connectivity index (χ4n) is 2.56. The minimum absolute atomic E-state index is 0.0124. The van der Waals surface area contributed by atoms with E-state index < -0.39 is 0 Å². The van der Waals surface area contributed by atoms with Crippen LogP contribution >= 0.6 is 11.3 Å². The van der Waals surface area contributed by atoms with E-state index in [1.807, 2.05) is 41.8 Å². The molecule has 1 fully saturated rings. The molecule has 0 aliphatic carbocycles. The molecule has 0 spiro atoms. The van der Waals surface area contributed by atoms with E-state index in [1.165, 1.54) is 4.88 Å². The molecule has 2 heterocycles. The van der Waals surface area contributed by atoms with E-state index in [-0.39, 0.29) is 11.8 Å². The third-order valence-corrected chi connectivity index (χ3v) is 4.65. The molecule has 2 aromatic rings. The van der Waals surface area contributed by atoms with Crippen LogP contribution in [0.3, 0.4) is 0 Å². The number of carbonyl (C=O) groups excluding carboxylic acids is 2. The number of amides is 2. The largest absolute Gasteiger partial charge is 0.326 e. The van der Waals surface area contributed by atoms with Crippen LogP contribution in [0.25, 0.3) is 0 Å². The number of anilines is 2. The normalized spacial score (nSPS) is 14.4. The molecule has 1 N–H and O–H groups in total. The van der Waals surface area contributed by atoms with E-state index in [0.717, 1.165) is 30.8 Å². The van der Waals surface area contributed by atoms with Crippen LogP contribution < -0.4 is 10.2 Å². The molecule has 1 aromatic heterocycles. The lowest BCUT2D eigenvalue weighted by molar-refractivity contribution is -0.117. The lowest BCUT2D eigenvalue weighted by atomic mass is 10.2. The molecule has 4 nitrogen and oxygen atoms in total. The summed E-state index contributed by atoms with van der Waals surface area (Å²) in [6, 6.07) is 11.5. The Morgan fingerprint density at radius 1 is 1.23 bits per heavy atom. The minimum Gasteiger partial charge on any atom is -0.326 e. The monoisotopic (exact) mass is 314 g/mol. The zero-order valence-corrected chi connectivity index (χ0v) is 13.1. The quantitative estimate of drug-likeness (QED) is 0.919. The Labute approximate surface area is 133 Å². The highest BCUT2D eigenvalue weighted by Crippen LogP contribution is 2.23. The van der Waals surface area contributed by atoms with E-state index in [1.54, 1.807) is 16.2 Å². The van der Waals surface area contributed by atoms with Crippen LogP contribution in [-0.2, 0) is 16.0 Å². The molecule has 0 unspecified atom stereocenters. The zero-order valence-electron chi connectivity index (χ0n) is 12.2.